The zero-order valence-corrected chi connectivity index (χ0v) is 36.3. The molecule has 0 aliphatic carbocycles. The predicted octanol–water partition coefficient (Wildman–Crippen LogP) is 4.07. The van der Waals surface area contributed by atoms with Crippen LogP contribution in [-0.4, -0.2) is 136 Å². The Bertz CT molecular complexity index is 1870. The van der Waals surface area contributed by atoms with Crippen LogP contribution in [0.2, 0.25) is 0 Å². The van der Waals surface area contributed by atoms with Crippen molar-refractivity contribution in [1.82, 2.24) is 14.9 Å². The summed E-state index contributed by atoms with van der Waals surface area (Å²) in [6, 6.07) is 5.24. The minimum atomic E-state index is -1.85. The third kappa shape index (κ3) is 10.6. The maximum Gasteiger partial charge on any atom is 0.316 e. The number of Topliss-reactive ketones (excluding diaryl/α,β-unsaturated/α-hetero) is 1. The van der Waals surface area contributed by atoms with Gasteiger partial charge in [0.15, 0.2) is 12.1 Å². The Hall–Kier alpha value is -3.77. The number of esters is 1. The number of cyclic esters (lactones) is 1. The van der Waals surface area contributed by atoms with Gasteiger partial charge in [0.2, 0.25) is 5.91 Å². The Labute approximate surface area is 347 Å². The second-order valence-corrected chi connectivity index (χ2v) is 17.2. The highest BCUT2D eigenvalue weighted by atomic mass is 16.7. The molecule has 59 heavy (non-hydrogen) atoms. The van der Waals surface area contributed by atoms with Crippen LogP contribution in [0.1, 0.15) is 87.1 Å². The molecule has 1 aromatic heterocycles. The molecule has 3 saturated heterocycles. The molecule has 3 aliphatic heterocycles. The van der Waals surface area contributed by atoms with Crippen molar-refractivity contribution < 1.29 is 53.1 Å². The van der Waals surface area contributed by atoms with E-state index in [1.54, 1.807) is 33.2 Å². The van der Waals surface area contributed by atoms with Crippen LogP contribution in [0.4, 0.5) is 0 Å². The molecule has 2 aromatic rings. The van der Waals surface area contributed by atoms with Gasteiger partial charge in [-0.15, -0.1) is 0 Å². The van der Waals surface area contributed by atoms with E-state index in [0.29, 0.717) is 23.4 Å². The lowest BCUT2D eigenvalue weighted by Gasteiger charge is -2.47. The Kier molecular flexibility index (Phi) is 15.1. The molecule has 0 unspecified atom stereocenters. The van der Waals surface area contributed by atoms with Crippen LogP contribution in [0.15, 0.2) is 40.7 Å². The predicted molar refractivity (Wildman–Crippen MR) is 218 cm³/mol. The molecule has 1 aromatic carbocycles. The first-order valence-corrected chi connectivity index (χ1v) is 20.6. The SMILES string of the molecule is CC[C@H]1OC(=O)[C@H](C)C(=O)[C@H](C)[C@@H](O[C@@H]2O[C@H](C)C[C@H](N(C)C)[C@H]2O)[C@@]2(C)C[C@@H](C)C(=NC(C)=O)[C@H](C)[C@@H](OC/C(=N\OCc3ccc4nccnc4c3)CO2)[C@]1(C)O. The first-order chi connectivity index (χ1) is 27.8. The van der Waals surface area contributed by atoms with Gasteiger partial charge in [-0.25, -0.2) is 4.99 Å². The van der Waals surface area contributed by atoms with Crippen molar-refractivity contribution in [1.29, 1.82) is 0 Å². The van der Waals surface area contributed by atoms with Crippen LogP contribution in [0.5, 0.6) is 0 Å². The topological polar surface area (TPSA) is 201 Å². The zero-order valence-electron chi connectivity index (χ0n) is 36.3. The van der Waals surface area contributed by atoms with Crippen molar-refractivity contribution in [2.24, 2.45) is 33.8 Å². The number of aliphatic hydroxyl groups excluding tert-OH is 1. The van der Waals surface area contributed by atoms with Gasteiger partial charge in [0, 0.05) is 42.9 Å². The fourth-order valence-electron chi connectivity index (χ4n) is 8.90. The second-order valence-electron chi connectivity index (χ2n) is 17.2. The van der Waals surface area contributed by atoms with E-state index in [1.807, 2.05) is 58.0 Å². The van der Waals surface area contributed by atoms with Crippen molar-refractivity contribution in [2.75, 3.05) is 27.3 Å². The highest BCUT2D eigenvalue weighted by molar-refractivity contribution is 6.00. The van der Waals surface area contributed by atoms with Crippen LogP contribution >= 0.6 is 0 Å². The third-order valence-electron chi connectivity index (χ3n) is 12.1. The van der Waals surface area contributed by atoms with Gasteiger partial charge >= 0.3 is 5.97 Å². The molecule has 2 N–H and O–H groups in total. The van der Waals surface area contributed by atoms with Crippen molar-refractivity contribution in [3.63, 3.8) is 0 Å². The van der Waals surface area contributed by atoms with Crippen molar-refractivity contribution in [3.8, 4) is 0 Å². The molecule has 0 saturated carbocycles. The van der Waals surface area contributed by atoms with E-state index in [9.17, 15) is 24.6 Å². The zero-order chi connectivity index (χ0) is 43.4. The van der Waals surface area contributed by atoms with Gasteiger partial charge < -0.3 is 43.6 Å². The number of amides is 1. The van der Waals surface area contributed by atoms with E-state index < -0.39 is 83.2 Å². The van der Waals surface area contributed by atoms with Gasteiger partial charge in [0.05, 0.1) is 48.2 Å². The fourth-order valence-corrected chi connectivity index (χ4v) is 8.90. The van der Waals surface area contributed by atoms with Crippen molar-refractivity contribution in [3.05, 3.63) is 36.2 Å². The molecular formula is C43H63N5O11. The molecule has 3 aliphatic rings. The summed E-state index contributed by atoms with van der Waals surface area (Å²) < 4.78 is 32.5. The van der Waals surface area contributed by atoms with Crippen LogP contribution in [0.25, 0.3) is 11.0 Å². The summed E-state index contributed by atoms with van der Waals surface area (Å²) in [6.45, 7) is 14.8. The average molecular weight is 826 g/mol. The molecule has 16 heteroatoms. The molecule has 3 fully saturated rings. The number of carbonyl (C=O) groups excluding carboxylic acids is 3. The number of rotatable bonds is 7. The number of nitrogens with zero attached hydrogens (tertiary/aromatic N) is 5. The maximum atomic E-state index is 14.5. The molecule has 1 amide bonds. The van der Waals surface area contributed by atoms with Gasteiger partial charge in [-0.3, -0.25) is 24.4 Å². The summed E-state index contributed by atoms with van der Waals surface area (Å²) in [6.07, 6.45) is -1.88. The highest BCUT2D eigenvalue weighted by Crippen LogP contribution is 2.40. The molecule has 13 atom stereocenters. The number of oxime groups is 1. The summed E-state index contributed by atoms with van der Waals surface area (Å²) in [5.41, 5.74) is -0.326. The third-order valence-corrected chi connectivity index (χ3v) is 12.1. The lowest BCUT2D eigenvalue weighted by molar-refractivity contribution is -0.296. The smallest absolute Gasteiger partial charge is 0.316 e. The van der Waals surface area contributed by atoms with E-state index in [2.05, 4.69) is 20.1 Å². The Balaban J connectivity index is 1.66. The second kappa shape index (κ2) is 19.3. The van der Waals surface area contributed by atoms with E-state index in [0.717, 1.165) is 11.1 Å². The summed E-state index contributed by atoms with van der Waals surface area (Å²) in [5.74, 6) is -5.32. The molecule has 0 spiro atoms. The Morgan fingerprint density at radius 3 is 2.39 bits per heavy atom. The fraction of sp³-hybridized carbons (Fsp3) is 0.698. The van der Waals surface area contributed by atoms with E-state index in [4.69, 9.17) is 28.5 Å². The number of hydrogen-bond acceptors (Lipinski definition) is 15. The standard InChI is InChI=1S/C43H63N5O11/c1-12-34-43(9,53)39-25(4)35(46-28(7)49)23(2)19-42(8,55-22-30(21-54-39)47-56-20-29-13-14-31-32(18-29)45-16-15-44-31)38(26(5)36(50)27(6)40(52)58-34)59-41-37(51)33(48(10)11)17-24(3)57-41/h13-16,18,23-27,33-34,37-39,41,51,53H,12,17,19-22H2,1-11H3/b46-35?,47-30+/t23-,24-,25+,26+,27-,33+,34-,37-,38-,39-,41+,42-,43-/m1/s1. The maximum absolute atomic E-state index is 14.5. The molecule has 326 valence electrons. The average Bonchev–Trinajstić information content (AvgIpc) is 3.20. The van der Waals surface area contributed by atoms with Gasteiger partial charge in [-0.1, -0.05) is 38.9 Å². The van der Waals surface area contributed by atoms with Crippen molar-refractivity contribution >= 4 is 40.1 Å². The van der Waals surface area contributed by atoms with E-state index >= 15 is 0 Å². The van der Waals surface area contributed by atoms with Crippen molar-refractivity contribution in [2.45, 2.75) is 142 Å². The lowest BCUT2D eigenvalue weighted by atomic mass is 9.73. The quantitative estimate of drug-likeness (QED) is 0.230. The summed E-state index contributed by atoms with van der Waals surface area (Å²) >= 11 is 0. The van der Waals surface area contributed by atoms with Crippen LogP contribution in [0, 0.1) is 23.7 Å². The van der Waals surface area contributed by atoms with Crippen LogP contribution < -0.4 is 0 Å². The van der Waals surface area contributed by atoms with Gasteiger partial charge in [0.1, 0.15) is 36.0 Å². The number of aromatic nitrogens is 2. The summed E-state index contributed by atoms with van der Waals surface area (Å²) in [4.78, 5) is 62.2. The minimum Gasteiger partial charge on any atom is -0.459 e. The number of fused-ring (bicyclic) bond motifs is 6. The number of benzene rings is 1. The largest absolute Gasteiger partial charge is 0.459 e. The molecule has 2 bridgehead atoms. The van der Waals surface area contributed by atoms with E-state index in [-0.39, 0.29) is 44.8 Å². The number of aliphatic imine (C=N–C) groups is 1. The minimum absolute atomic E-state index is 0.0719. The molecular weight excluding hydrogens is 762 g/mol. The Morgan fingerprint density at radius 1 is 1.03 bits per heavy atom. The number of hydrogen-bond donors (Lipinski definition) is 2. The lowest BCUT2D eigenvalue weighted by Crippen LogP contribution is -2.60. The first kappa shape index (κ1) is 46.3. The van der Waals surface area contributed by atoms with Crippen LogP contribution in [0.3, 0.4) is 0 Å². The molecule has 4 heterocycles. The molecule has 0 radical (unpaired) electrons. The monoisotopic (exact) mass is 825 g/mol. The molecule has 5 rings (SSSR count). The normalized spacial score (nSPS) is 38.1. The van der Waals surface area contributed by atoms with Gasteiger partial charge in [-0.2, -0.15) is 0 Å². The van der Waals surface area contributed by atoms with Crippen LogP contribution in [-0.2, 0) is 49.5 Å². The van der Waals surface area contributed by atoms with E-state index in [1.165, 1.54) is 20.8 Å². The van der Waals surface area contributed by atoms with Gasteiger partial charge in [-0.05, 0) is 84.7 Å². The summed E-state index contributed by atoms with van der Waals surface area (Å²) in [5, 5.41) is 28.6. The molecule has 16 nitrogen and oxygen atoms in total. The highest BCUT2D eigenvalue weighted by Gasteiger charge is 2.53. The number of aliphatic hydroxyl groups is 2. The number of likely N-dealkylation sites (N-methyl/N-ethyl adjacent to an activating group) is 1. The first-order valence-electron chi connectivity index (χ1n) is 20.6. The number of ketones is 1. The number of ether oxygens (including phenoxy) is 5. The Morgan fingerprint density at radius 2 is 1.73 bits per heavy atom. The summed E-state index contributed by atoms with van der Waals surface area (Å²) in [7, 11) is 3.73. The number of carbonyl (C=O) groups is 3. The van der Waals surface area contributed by atoms with Gasteiger partial charge in [0.25, 0.3) is 0 Å².